The lowest BCUT2D eigenvalue weighted by atomic mass is 10.1. The maximum atomic E-state index is 11.7. The third-order valence-corrected chi connectivity index (χ3v) is 3.02. The molecule has 1 aromatic heterocycles. The van der Waals surface area contributed by atoms with Gasteiger partial charge in [0.1, 0.15) is 24.1 Å². The van der Waals surface area contributed by atoms with Crippen LogP contribution in [-0.2, 0) is 11.3 Å². The number of nitrogens with zero attached hydrogens (tertiary/aromatic N) is 2. The summed E-state index contributed by atoms with van der Waals surface area (Å²) in [6.45, 7) is -0.938. The highest BCUT2D eigenvalue weighted by Crippen LogP contribution is 2.28. The third kappa shape index (κ3) is 2.33. The Bertz CT molecular complexity index is 518. The molecule has 19 heavy (non-hydrogen) atoms. The summed E-state index contributed by atoms with van der Waals surface area (Å²) in [6, 6.07) is 0. The van der Waals surface area contributed by atoms with Crippen molar-refractivity contribution in [3.8, 4) is 0 Å². The topological polar surface area (TPSA) is 151 Å². The van der Waals surface area contributed by atoms with Crippen LogP contribution >= 0.6 is 0 Å². The SMILES string of the molecule is Nc1nc(=O)n([C@@H]2O[C@H](CO)[C@H](O)C2O)cc1CO. The van der Waals surface area contributed by atoms with Crippen LogP contribution in [0.2, 0.25) is 0 Å². The van der Waals surface area contributed by atoms with Gasteiger partial charge in [-0.15, -0.1) is 0 Å². The molecule has 106 valence electrons. The van der Waals surface area contributed by atoms with Crippen molar-refractivity contribution in [2.24, 2.45) is 0 Å². The molecule has 1 aliphatic rings. The molecule has 1 aromatic rings. The summed E-state index contributed by atoms with van der Waals surface area (Å²) >= 11 is 0. The lowest BCUT2D eigenvalue weighted by Crippen LogP contribution is -2.36. The zero-order valence-corrected chi connectivity index (χ0v) is 9.88. The first-order valence-electron chi connectivity index (χ1n) is 5.60. The van der Waals surface area contributed by atoms with Crippen LogP contribution in [0.25, 0.3) is 0 Å². The lowest BCUT2D eigenvalue weighted by Gasteiger charge is -2.18. The molecule has 2 rings (SSSR count). The van der Waals surface area contributed by atoms with E-state index in [-0.39, 0.29) is 11.4 Å². The van der Waals surface area contributed by atoms with E-state index in [4.69, 9.17) is 20.7 Å². The van der Waals surface area contributed by atoms with Gasteiger partial charge in [-0.2, -0.15) is 4.98 Å². The quantitative estimate of drug-likeness (QED) is 0.389. The number of ether oxygens (including phenoxy) is 1. The molecular formula is C10H15N3O6. The van der Waals surface area contributed by atoms with Crippen LogP contribution < -0.4 is 11.4 Å². The standard InChI is InChI=1S/C10H15N3O6/c11-8-4(2-14)1-13(10(18)12-8)9-7(17)6(16)5(3-15)19-9/h1,5-7,9,14-17H,2-3H2,(H2,11,12,18)/t5-,6+,7?,9-/m1/s1. The van der Waals surface area contributed by atoms with Crippen molar-refractivity contribution < 1.29 is 25.2 Å². The molecule has 6 N–H and O–H groups in total. The number of aliphatic hydroxyl groups is 4. The van der Waals surface area contributed by atoms with Gasteiger partial charge < -0.3 is 30.9 Å². The van der Waals surface area contributed by atoms with E-state index in [0.717, 1.165) is 4.57 Å². The van der Waals surface area contributed by atoms with Crippen LogP contribution in [0.4, 0.5) is 5.82 Å². The second-order valence-electron chi connectivity index (χ2n) is 4.23. The van der Waals surface area contributed by atoms with Gasteiger partial charge in [-0.1, -0.05) is 0 Å². The summed E-state index contributed by atoms with van der Waals surface area (Å²) in [5.74, 6) is -0.115. The van der Waals surface area contributed by atoms with Crippen molar-refractivity contribution in [1.29, 1.82) is 0 Å². The Morgan fingerprint density at radius 1 is 1.37 bits per heavy atom. The highest BCUT2D eigenvalue weighted by molar-refractivity contribution is 5.36. The molecule has 0 bridgehead atoms. The van der Waals surface area contributed by atoms with Gasteiger partial charge in [0.15, 0.2) is 6.23 Å². The molecule has 0 amide bonds. The number of aliphatic hydroxyl groups excluding tert-OH is 4. The fourth-order valence-electron chi connectivity index (χ4n) is 1.94. The monoisotopic (exact) mass is 273 g/mol. The minimum atomic E-state index is -1.40. The summed E-state index contributed by atoms with van der Waals surface area (Å²) in [5.41, 5.74) is 4.84. The first-order valence-corrected chi connectivity index (χ1v) is 5.60. The van der Waals surface area contributed by atoms with Gasteiger partial charge in [-0.3, -0.25) is 4.57 Å². The Hall–Kier alpha value is -1.52. The van der Waals surface area contributed by atoms with E-state index in [1.54, 1.807) is 0 Å². The van der Waals surface area contributed by atoms with Crippen molar-refractivity contribution in [3.63, 3.8) is 0 Å². The van der Waals surface area contributed by atoms with Crippen molar-refractivity contribution >= 4 is 5.82 Å². The molecule has 0 aromatic carbocycles. The molecule has 1 aliphatic heterocycles. The Morgan fingerprint density at radius 3 is 2.58 bits per heavy atom. The minimum absolute atomic E-state index is 0.115. The second kappa shape index (κ2) is 5.23. The predicted molar refractivity (Wildman–Crippen MR) is 61.8 cm³/mol. The van der Waals surface area contributed by atoms with E-state index in [1.807, 2.05) is 0 Å². The van der Waals surface area contributed by atoms with Crippen LogP contribution in [0.15, 0.2) is 11.0 Å². The van der Waals surface area contributed by atoms with Crippen molar-refractivity contribution in [2.75, 3.05) is 12.3 Å². The number of hydrogen-bond donors (Lipinski definition) is 5. The molecule has 0 radical (unpaired) electrons. The second-order valence-corrected chi connectivity index (χ2v) is 4.23. The van der Waals surface area contributed by atoms with Crippen molar-refractivity contribution in [1.82, 2.24) is 9.55 Å². The molecule has 1 fully saturated rings. The van der Waals surface area contributed by atoms with Crippen LogP contribution in [0.3, 0.4) is 0 Å². The van der Waals surface area contributed by atoms with Gasteiger partial charge in [-0.05, 0) is 0 Å². The summed E-state index contributed by atoms with van der Waals surface area (Å²) in [7, 11) is 0. The van der Waals surface area contributed by atoms with Gasteiger partial charge in [0.2, 0.25) is 0 Å². The molecular weight excluding hydrogens is 258 g/mol. The molecule has 4 atom stereocenters. The average molecular weight is 273 g/mol. The largest absolute Gasteiger partial charge is 0.394 e. The third-order valence-electron chi connectivity index (χ3n) is 3.02. The van der Waals surface area contributed by atoms with Gasteiger partial charge in [-0.25, -0.2) is 4.79 Å². The number of hydrogen-bond acceptors (Lipinski definition) is 8. The highest BCUT2D eigenvalue weighted by atomic mass is 16.6. The zero-order valence-electron chi connectivity index (χ0n) is 9.88. The molecule has 1 saturated heterocycles. The summed E-state index contributed by atoms with van der Waals surface area (Å²) in [6.07, 6.45) is -3.71. The van der Waals surface area contributed by atoms with E-state index < -0.39 is 43.4 Å². The normalized spacial score (nSPS) is 30.7. The van der Waals surface area contributed by atoms with Gasteiger partial charge in [0.05, 0.1) is 13.2 Å². The van der Waals surface area contributed by atoms with E-state index in [0.29, 0.717) is 0 Å². The van der Waals surface area contributed by atoms with E-state index in [2.05, 4.69) is 4.98 Å². The minimum Gasteiger partial charge on any atom is -0.394 e. The van der Waals surface area contributed by atoms with Crippen LogP contribution in [0, 0.1) is 0 Å². The summed E-state index contributed by atoms with van der Waals surface area (Å²) < 4.78 is 6.11. The molecule has 1 unspecified atom stereocenters. The fraction of sp³-hybridized carbons (Fsp3) is 0.600. The Labute approximate surface area is 107 Å². The number of nitrogen functional groups attached to an aromatic ring is 1. The van der Waals surface area contributed by atoms with E-state index in [1.165, 1.54) is 6.20 Å². The van der Waals surface area contributed by atoms with Crippen LogP contribution in [-0.4, -0.2) is 54.9 Å². The fourth-order valence-corrected chi connectivity index (χ4v) is 1.94. The Kier molecular flexibility index (Phi) is 3.83. The van der Waals surface area contributed by atoms with Crippen LogP contribution in [0.1, 0.15) is 11.8 Å². The van der Waals surface area contributed by atoms with Crippen molar-refractivity contribution in [3.05, 3.63) is 22.2 Å². The molecule has 2 heterocycles. The van der Waals surface area contributed by atoms with Gasteiger partial charge in [0.25, 0.3) is 0 Å². The Balaban J connectivity index is 2.40. The summed E-state index contributed by atoms with van der Waals surface area (Å²) in [5, 5.41) is 37.5. The first kappa shape index (κ1) is 13.9. The Morgan fingerprint density at radius 2 is 2.05 bits per heavy atom. The summed E-state index contributed by atoms with van der Waals surface area (Å²) in [4.78, 5) is 15.2. The smallest absolute Gasteiger partial charge is 0.351 e. The molecule has 0 aliphatic carbocycles. The highest BCUT2D eigenvalue weighted by Gasteiger charge is 2.43. The lowest BCUT2D eigenvalue weighted by molar-refractivity contribution is -0.0551. The number of anilines is 1. The molecule has 0 spiro atoms. The maximum absolute atomic E-state index is 11.7. The number of aromatic nitrogens is 2. The predicted octanol–water partition coefficient (Wildman–Crippen LogP) is -3.07. The molecule has 9 heteroatoms. The van der Waals surface area contributed by atoms with Gasteiger partial charge in [0, 0.05) is 11.8 Å². The van der Waals surface area contributed by atoms with Crippen LogP contribution in [0.5, 0.6) is 0 Å². The molecule has 9 nitrogen and oxygen atoms in total. The average Bonchev–Trinajstić information content (AvgIpc) is 2.67. The zero-order chi connectivity index (χ0) is 14.2. The number of rotatable bonds is 3. The molecule has 0 saturated carbocycles. The maximum Gasteiger partial charge on any atom is 0.351 e. The first-order chi connectivity index (χ1) is 8.99. The van der Waals surface area contributed by atoms with E-state index in [9.17, 15) is 15.0 Å². The number of nitrogens with two attached hydrogens (primary N) is 1. The van der Waals surface area contributed by atoms with Gasteiger partial charge >= 0.3 is 5.69 Å². The van der Waals surface area contributed by atoms with Crippen molar-refractivity contribution in [2.45, 2.75) is 31.1 Å². The van der Waals surface area contributed by atoms with E-state index >= 15 is 0 Å².